The van der Waals surface area contributed by atoms with Crippen LogP contribution in [0.1, 0.15) is 213 Å². The fourth-order valence-corrected chi connectivity index (χ4v) is 8.16. The van der Waals surface area contributed by atoms with Gasteiger partial charge >= 0.3 is 11.9 Å². The molecule has 1 fully saturated rings. The molecule has 0 aliphatic carbocycles. The van der Waals surface area contributed by atoms with E-state index in [2.05, 4.69) is 38.2 Å². The van der Waals surface area contributed by atoms with E-state index in [4.69, 9.17) is 18.9 Å². The van der Waals surface area contributed by atoms with E-state index in [0.29, 0.717) is 12.8 Å². The second kappa shape index (κ2) is 38.6. The van der Waals surface area contributed by atoms with Crippen molar-refractivity contribution in [1.29, 1.82) is 0 Å². The van der Waals surface area contributed by atoms with Crippen molar-refractivity contribution in [3.8, 4) is 0 Å². The Labute approximate surface area is 370 Å². The summed E-state index contributed by atoms with van der Waals surface area (Å²) in [6.45, 7) is 3.75. The van der Waals surface area contributed by atoms with Crippen LogP contribution in [-0.4, -0.2) is 96.0 Å². The molecule has 61 heavy (non-hydrogen) atoms. The minimum absolute atomic E-state index is 0.158. The van der Waals surface area contributed by atoms with Crippen molar-refractivity contribution < 1.29 is 56.8 Å². The van der Waals surface area contributed by atoms with Crippen molar-refractivity contribution in [2.75, 3.05) is 19.0 Å². The Kier molecular flexibility index (Phi) is 36.1. The molecule has 1 aliphatic rings. The number of esters is 2. The predicted octanol–water partition coefficient (Wildman–Crippen LogP) is 10.4. The van der Waals surface area contributed by atoms with Gasteiger partial charge in [-0.1, -0.05) is 179 Å². The normalized spacial score (nSPS) is 20.1. The lowest BCUT2D eigenvalue weighted by Gasteiger charge is -2.40. The third kappa shape index (κ3) is 33.3. The number of allylic oxidation sites excluding steroid dienone is 4. The number of carbonyl (C=O) groups is 2. The maximum Gasteiger partial charge on any atom is 0.306 e. The molecule has 4 N–H and O–H groups in total. The van der Waals surface area contributed by atoms with E-state index in [9.17, 15) is 37.9 Å². The van der Waals surface area contributed by atoms with Crippen LogP contribution in [0.4, 0.5) is 0 Å². The third-order valence-electron chi connectivity index (χ3n) is 11.3. The number of rotatable bonds is 41. The van der Waals surface area contributed by atoms with Crippen molar-refractivity contribution in [3.05, 3.63) is 24.3 Å². The van der Waals surface area contributed by atoms with Gasteiger partial charge in [0.05, 0.1) is 6.61 Å². The first-order chi connectivity index (χ1) is 29.5. The zero-order valence-electron chi connectivity index (χ0n) is 38.3. The highest BCUT2D eigenvalue weighted by Crippen LogP contribution is 2.24. The molecule has 1 saturated heterocycles. The van der Waals surface area contributed by atoms with Gasteiger partial charge in [0.1, 0.15) is 36.8 Å². The summed E-state index contributed by atoms with van der Waals surface area (Å²) in [5.74, 6) is -1.98. The lowest BCUT2D eigenvalue weighted by atomic mass is 10.00. The number of ether oxygens (including phenoxy) is 4. The van der Waals surface area contributed by atoms with Crippen molar-refractivity contribution in [2.45, 2.75) is 250 Å². The summed E-state index contributed by atoms with van der Waals surface area (Å²) >= 11 is 0. The Bertz CT molecular complexity index is 1220. The van der Waals surface area contributed by atoms with Crippen LogP contribution in [0.2, 0.25) is 0 Å². The van der Waals surface area contributed by atoms with Gasteiger partial charge in [0.2, 0.25) is 0 Å². The van der Waals surface area contributed by atoms with E-state index in [1.165, 1.54) is 116 Å². The highest BCUT2D eigenvalue weighted by atomic mass is 32.2. The van der Waals surface area contributed by atoms with Crippen molar-refractivity contribution in [1.82, 2.24) is 0 Å². The highest BCUT2D eigenvalue weighted by Gasteiger charge is 2.46. The van der Waals surface area contributed by atoms with Gasteiger partial charge in [-0.15, -0.1) is 0 Å². The third-order valence-corrected chi connectivity index (χ3v) is 12.0. The van der Waals surface area contributed by atoms with E-state index in [0.717, 1.165) is 57.8 Å². The predicted molar refractivity (Wildman–Crippen MR) is 243 cm³/mol. The maximum atomic E-state index is 12.8. The molecule has 6 unspecified atom stereocenters. The molecule has 13 heteroatoms. The van der Waals surface area contributed by atoms with Crippen LogP contribution in [0.3, 0.4) is 0 Å². The quantitative estimate of drug-likeness (QED) is 0.0197. The van der Waals surface area contributed by atoms with Crippen LogP contribution in [0.5, 0.6) is 0 Å². The van der Waals surface area contributed by atoms with Gasteiger partial charge in [-0.05, 0) is 44.9 Å². The van der Waals surface area contributed by atoms with Gasteiger partial charge in [-0.2, -0.15) is 8.42 Å². The lowest BCUT2D eigenvalue weighted by Crippen LogP contribution is -2.60. The Morgan fingerprint density at radius 3 is 1.48 bits per heavy atom. The second-order valence-electron chi connectivity index (χ2n) is 17.1. The van der Waals surface area contributed by atoms with Crippen LogP contribution < -0.4 is 0 Å². The first kappa shape index (κ1) is 57.1. The molecular formula is C48H88O12S. The average molecular weight is 889 g/mol. The van der Waals surface area contributed by atoms with Crippen LogP contribution in [0, 0.1) is 0 Å². The monoisotopic (exact) mass is 889 g/mol. The maximum absolute atomic E-state index is 12.8. The van der Waals surface area contributed by atoms with Crippen LogP contribution in [-0.2, 0) is 38.7 Å². The number of hydrogen-bond donors (Lipinski definition) is 4. The number of carbonyl (C=O) groups excluding carboxylic acids is 2. The average Bonchev–Trinajstić information content (AvgIpc) is 3.22. The molecule has 1 heterocycles. The molecule has 0 aromatic carbocycles. The molecule has 0 amide bonds. The van der Waals surface area contributed by atoms with Gasteiger partial charge in [0.25, 0.3) is 10.1 Å². The molecular weight excluding hydrogens is 801 g/mol. The number of aliphatic hydroxyl groups is 3. The fourth-order valence-electron chi connectivity index (χ4n) is 7.47. The van der Waals surface area contributed by atoms with Gasteiger partial charge in [-0.3, -0.25) is 14.1 Å². The van der Waals surface area contributed by atoms with Gasteiger partial charge in [-0.25, -0.2) is 0 Å². The van der Waals surface area contributed by atoms with E-state index >= 15 is 0 Å². The van der Waals surface area contributed by atoms with Gasteiger partial charge in [0.15, 0.2) is 12.4 Å². The summed E-state index contributed by atoms with van der Waals surface area (Å²) < 4.78 is 54.2. The first-order valence-corrected chi connectivity index (χ1v) is 26.0. The largest absolute Gasteiger partial charge is 0.462 e. The van der Waals surface area contributed by atoms with Crippen LogP contribution in [0.15, 0.2) is 24.3 Å². The Morgan fingerprint density at radius 1 is 0.557 bits per heavy atom. The number of hydrogen-bond acceptors (Lipinski definition) is 11. The smallest absolute Gasteiger partial charge is 0.306 e. The molecule has 6 atom stereocenters. The summed E-state index contributed by atoms with van der Waals surface area (Å²) in [4.78, 5) is 25.5. The minimum atomic E-state index is -4.60. The van der Waals surface area contributed by atoms with E-state index in [1.807, 2.05) is 0 Å². The van der Waals surface area contributed by atoms with Crippen LogP contribution in [0.25, 0.3) is 0 Å². The van der Waals surface area contributed by atoms with Gasteiger partial charge in [0, 0.05) is 12.8 Å². The molecule has 1 rings (SSSR count). The first-order valence-electron chi connectivity index (χ1n) is 24.4. The summed E-state index contributed by atoms with van der Waals surface area (Å²) in [5, 5.41) is 30.9. The second-order valence-corrected chi connectivity index (χ2v) is 18.6. The lowest BCUT2D eigenvalue weighted by molar-refractivity contribution is -0.297. The molecule has 0 saturated carbocycles. The summed E-state index contributed by atoms with van der Waals surface area (Å²) in [5.41, 5.74) is 0. The molecule has 358 valence electrons. The zero-order valence-corrected chi connectivity index (χ0v) is 39.1. The number of unbranched alkanes of at least 4 members (excludes halogenated alkanes) is 25. The molecule has 0 aromatic rings. The van der Waals surface area contributed by atoms with E-state index in [1.54, 1.807) is 0 Å². The summed E-state index contributed by atoms with van der Waals surface area (Å²) in [6.07, 6.45) is 33.5. The molecule has 12 nitrogen and oxygen atoms in total. The van der Waals surface area contributed by atoms with Gasteiger partial charge < -0.3 is 34.3 Å². The molecule has 0 radical (unpaired) electrons. The standard InChI is InChI=1S/C48H88O12S/c1-3-5-7-9-11-13-15-17-19-21-23-25-27-29-31-33-35-37-44(50)59-41(39-58-48-47(53)46(52)45(51)42(60-48)40-61(54,55)56)38-57-43(49)36-34-32-30-28-26-24-22-20-18-16-14-12-10-8-6-4-2/h11,13,17,19,41-42,45-48,51-53H,3-10,12,14-16,18,20-40H2,1-2H3,(H,54,55,56)/b13-11-,19-17-. The Balaban J connectivity index is 2.41. The Hall–Kier alpha value is -1.87. The van der Waals surface area contributed by atoms with E-state index < -0.39 is 71.2 Å². The van der Waals surface area contributed by atoms with Crippen LogP contribution >= 0.6 is 0 Å². The fraction of sp³-hybridized carbons (Fsp3) is 0.875. The SMILES string of the molecule is CCCCC/C=C\C/C=C\CCCCCCCCCC(=O)OC(COC(=O)CCCCCCCCCCCCCCCCCC)COC1OC(CS(=O)(=O)O)C(O)C(O)C1O. The van der Waals surface area contributed by atoms with E-state index in [-0.39, 0.29) is 19.4 Å². The molecule has 0 bridgehead atoms. The summed E-state index contributed by atoms with van der Waals surface area (Å²) in [7, 11) is -4.60. The molecule has 0 aromatic heterocycles. The Morgan fingerprint density at radius 2 is 0.984 bits per heavy atom. The van der Waals surface area contributed by atoms with Crippen molar-refractivity contribution >= 4 is 22.1 Å². The zero-order chi connectivity index (χ0) is 44.8. The minimum Gasteiger partial charge on any atom is -0.462 e. The van der Waals surface area contributed by atoms with Crippen molar-refractivity contribution in [2.24, 2.45) is 0 Å². The molecule has 0 spiro atoms. The van der Waals surface area contributed by atoms with Crippen molar-refractivity contribution in [3.63, 3.8) is 0 Å². The topological polar surface area (TPSA) is 186 Å². The highest BCUT2D eigenvalue weighted by molar-refractivity contribution is 7.85. The summed E-state index contributed by atoms with van der Waals surface area (Å²) in [6, 6.07) is 0. The molecule has 1 aliphatic heterocycles. The number of aliphatic hydroxyl groups excluding tert-OH is 3.